The molecule has 0 spiro atoms. The summed E-state index contributed by atoms with van der Waals surface area (Å²) in [7, 11) is 0. The molecule has 0 saturated carbocycles. The molecule has 32 heavy (non-hydrogen) atoms. The van der Waals surface area contributed by atoms with E-state index in [1.54, 1.807) is 24.3 Å². The summed E-state index contributed by atoms with van der Waals surface area (Å²) < 4.78 is 0. The first-order valence-corrected chi connectivity index (χ1v) is 9.43. The van der Waals surface area contributed by atoms with E-state index in [1.807, 2.05) is 79.6 Å². The molecule has 0 amide bonds. The zero-order valence-electron chi connectivity index (χ0n) is 17.0. The molecule has 160 valence electrons. The lowest BCUT2D eigenvalue weighted by Crippen LogP contribution is -1.87. The van der Waals surface area contributed by atoms with Gasteiger partial charge < -0.3 is 4.79 Å². The molecule has 0 heterocycles. The first-order chi connectivity index (χ1) is 15.5. The summed E-state index contributed by atoms with van der Waals surface area (Å²) >= 11 is 0. The number of carbonyl (C=O) groups excluding carboxylic acids is 1. The van der Waals surface area contributed by atoms with Gasteiger partial charge in [-0.15, -0.1) is 0 Å². The van der Waals surface area contributed by atoms with E-state index in [9.17, 15) is 20.2 Å². The van der Waals surface area contributed by atoms with Crippen molar-refractivity contribution < 1.29 is 14.6 Å². The molecule has 0 radical (unpaired) electrons. The molecule has 0 aliphatic carbocycles. The van der Waals surface area contributed by atoms with Gasteiger partial charge in [-0.1, -0.05) is 84.9 Å². The van der Waals surface area contributed by atoms with Crippen LogP contribution in [0.5, 0.6) is 0 Å². The van der Waals surface area contributed by atoms with Gasteiger partial charge in [-0.05, 0) is 22.3 Å². The van der Waals surface area contributed by atoms with Gasteiger partial charge in [0.1, 0.15) is 6.79 Å². The summed E-state index contributed by atoms with van der Waals surface area (Å²) in [5, 5.41) is 21.2. The van der Waals surface area contributed by atoms with Gasteiger partial charge in [0, 0.05) is 24.3 Å². The summed E-state index contributed by atoms with van der Waals surface area (Å²) in [6.45, 7) is 2.00. The highest BCUT2D eigenvalue weighted by molar-refractivity contribution is 5.66. The number of benzene rings is 4. The first kappa shape index (κ1) is 23.6. The number of nitro benzene ring substituents is 2. The SMILES string of the molecule is C=O.O=[N+]([O-])c1cccc(-c2ccccc2)c1.O=[N+]([O-])c1cccc(-c2ccccc2)c1. The van der Waals surface area contributed by atoms with Gasteiger partial charge >= 0.3 is 0 Å². The van der Waals surface area contributed by atoms with Crippen LogP contribution < -0.4 is 0 Å². The quantitative estimate of drug-likeness (QED) is 0.279. The van der Waals surface area contributed by atoms with E-state index in [0.29, 0.717) is 0 Å². The van der Waals surface area contributed by atoms with Crippen molar-refractivity contribution in [2.75, 3.05) is 0 Å². The largest absolute Gasteiger partial charge is 0.307 e. The summed E-state index contributed by atoms with van der Waals surface area (Å²) in [5.74, 6) is 0. The fraction of sp³-hybridized carbons (Fsp3) is 0. The van der Waals surface area contributed by atoms with E-state index in [0.717, 1.165) is 22.3 Å². The molecule has 4 rings (SSSR count). The van der Waals surface area contributed by atoms with Gasteiger partial charge in [0.25, 0.3) is 11.4 Å². The Hall–Kier alpha value is -4.65. The monoisotopic (exact) mass is 428 g/mol. The highest BCUT2D eigenvalue weighted by atomic mass is 16.6. The second-order valence-electron chi connectivity index (χ2n) is 6.35. The zero-order valence-corrected chi connectivity index (χ0v) is 17.0. The second-order valence-corrected chi connectivity index (χ2v) is 6.35. The maximum absolute atomic E-state index is 10.6. The van der Waals surface area contributed by atoms with Crippen LogP contribution in [0.25, 0.3) is 22.3 Å². The van der Waals surface area contributed by atoms with Gasteiger partial charge in [-0.3, -0.25) is 20.2 Å². The fourth-order valence-electron chi connectivity index (χ4n) is 2.86. The van der Waals surface area contributed by atoms with Gasteiger partial charge in [0.2, 0.25) is 0 Å². The van der Waals surface area contributed by atoms with Crippen LogP contribution in [0.4, 0.5) is 11.4 Å². The van der Waals surface area contributed by atoms with Crippen molar-refractivity contribution in [3.05, 3.63) is 129 Å². The van der Waals surface area contributed by atoms with E-state index < -0.39 is 0 Å². The number of hydrogen-bond donors (Lipinski definition) is 0. The minimum absolute atomic E-state index is 0.122. The van der Waals surface area contributed by atoms with Crippen LogP contribution in [0.2, 0.25) is 0 Å². The molecule has 0 fully saturated rings. The molecular weight excluding hydrogens is 408 g/mol. The molecule has 0 aliphatic heterocycles. The van der Waals surface area contributed by atoms with Crippen LogP contribution in [0.15, 0.2) is 109 Å². The highest BCUT2D eigenvalue weighted by Crippen LogP contribution is 2.24. The van der Waals surface area contributed by atoms with Crippen LogP contribution in [0.1, 0.15) is 0 Å². The van der Waals surface area contributed by atoms with Crippen LogP contribution in [0, 0.1) is 20.2 Å². The van der Waals surface area contributed by atoms with Crippen molar-refractivity contribution >= 4 is 18.2 Å². The smallest absolute Gasteiger partial charge is 0.270 e. The molecule has 0 saturated heterocycles. The van der Waals surface area contributed by atoms with E-state index in [2.05, 4.69) is 0 Å². The van der Waals surface area contributed by atoms with E-state index >= 15 is 0 Å². The van der Waals surface area contributed by atoms with Crippen molar-refractivity contribution in [2.45, 2.75) is 0 Å². The van der Waals surface area contributed by atoms with Gasteiger partial charge in [0.05, 0.1) is 9.85 Å². The van der Waals surface area contributed by atoms with Gasteiger partial charge in [-0.25, -0.2) is 0 Å². The third-order valence-corrected chi connectivity index (χ3v) is 4.33. The Kier molecular flexibility index (Phi) is 8.96. The summed E-state index contributed by atoms with van der Waals surface area (Å²) in [6.07, 6.45) is 0. The van der Waals surface area contributed by atoms with Crippen LogP contribution >= 0.6 is 0 Å². The third-order valence-electron chi connectivity index (χ3n) is 4.33. The van der Waals surface area contributed by atoms with Crippen LogP contribution in [-0.4, -0.2) is 16.6 Å². The number of nitro groups is 2. The summed E-state index contributed by atoms with van der Waals surface area (Å²) in [6, 6.07) is 32.5. The number of hydrogen-bond acceptors (Lipinski definition) is 5. The molecule has 7 heteroatoms. The van der Waals surface area contributed by atoms with Gasteiger partial charge in [0.15, 0.2) is 0 Å². The minimum atomic E-state index is -0.382. The molecule has 4 aromatic rings. The molecule has 7 nitrogen and oxygen atoms in total. The number of carbonyl (C=O) groups is 1. The Labute approximate surface area is 184 Å². The minimum Gasteiger partial charge on any atom is -0.307 e. The Bertz CT molecular complexity index is 1070. The normalized spacial score (nSPS) is 9.38. The van der Waals surface area contributed by atoms with Crippen molar-refractivity contribution in [3.8, 4) is 22.3 Å². The van der Waals surface area contributed by atoms with E-state index in [-0.39, 0.29) is 21.2 Å². The Morgan fingerprint density at radius 3 is 1.09 bits per heavy atom. The molecule has 4 aromatic carbocycles. The summed E-state index contributed by atoms with van der Waals surface area (Å²) in [4.78, 5) is 28.4. The highest BCUT2D eigenvalue weighted by Gasteiger charge is 2.07. The lowest BCUT2D eigenvalue weighted by molar-refractivity contribution is -0.385. The standard InChI is InChI=1S/2C12H9NO2.CH2O/c2*14-13(15)12-8-4-7-11(9-12)10-5-2-1-3-6-10;1-2/h2*1-9H;1H2. The average Bonchev–Trinajstić information content (AvgIpc) is 2.87. The molecular formula is C25H20N2O5. The lowest BCUT2D eigenvalue weighted by Gasteiger charge is -2.00. The van der Waals surface area contributed by atoms with Crippen molar-refractivity contribution in [3.63, 3.8) is 0 Å². The fourth-order valence-corrected chi connectivity index (χ4v) is 2.86. The number of nitrogens with zero attached hydrogens (tertiary/aromatic N) is 2. The van der Waals surface area contributed by atoms with Crippen molar-refractivity contribution in [2.24, 2.45) is 0 Å². The average molecular weight is 428 g/mol. The summed E-state index contributed by atoms with van der Waals surface area (Å²) in [5.41, 5.74) is 3.95. The molecule has 0 N–H and O–H groups in total. The second kappa shape index (κ2) is 12.1. The maximum atomic E-state index is 10.6. The van der Waals surface area contributed by atoms with Crippen LogP contribution in [-0.2, 0) is 4.79 Å². The van der Waals surface area contributed by atoms with Crippen molar-refractivity contribution in [1.29, 1.82) is 0 Å². The molecule has 0 aromatic heterocycles. The topological polar surface area (TPSA) is 103 Å². The zero-order chi connectivity index (χ0) is 23.3. The molecule has 0 aliphatic rings. The third kappa shape index (κ3) is 6.70. The Morgan fingerprint density at radius 2 is 0.781 bits per heavy atom. The molecule has 0 atom stereocenters. The number of non-ortho nitro benzene ring substituents is 2. The van der Waals surface area contributed by atoms with E-state index in [4.69, 9.17) is 4.79 Å². The van der Waals surface area contributed by atoms with Crippen molar-refractivity contribution in [1.82, 2.24) is 0 Å². The van der Waals surface area contributed by atoms with Gasteiger partial charge in [-0.2, -0.15) is 0 Å². The van der Waals surface area contributed by atoms with E-state index in [1.165, 1.54) is 12.1 Å². The Balaban J connectivity index is 0.000000211. The lowest BCUT2D eigenvalue weighted by atomic mass is 10.1. The molecule has 0 unspecified atom stereocenters. The maximum Gasteiger partial charge on any atom is 0.270 e. The Morgan fingerprint density at radius 1 is 0.469 bits per heavy atom. The predicted octanol–water partition coefficient (Wildman–Crippen LogP) is 6.34. The predicted molar refractivity (Wildman–Crippen MR) is 124 cm³/mol. The molecule has 0 bridgehead atoms. The number of rotatable bonds is 4. The first-order valence-electron chi connectivity index (χ1n) is 9.43. The van der Waals surface area contributed by atoms with Crippen LogP contribution in [0.3, 0.4) is 0 Å².